The summed E-state index contributed by atoms with van der Waals surface area (Å²) in [6.07, 6.45) is 3.42. The third kappa shape index (κ3) is 7.36. The Morgan fingerprint density at radius 3 is 2.61 bits per heavy atom. The monoisotopic (exact) mass is 398 g/mol. The van der Waals surface area contributed by atoms with Crippen LogP contribution in [0, 0.1) is 17.6 Å². The number of benzene rings is 1. The van der Waals surface area contributed by atoms with E-state index < -0.39 is 23.3 Å². The maximum absolute atomic E-state index is 14.3. The van der Waals surface area contributed by atoms with Crippen LogP contribution in [0.4, 0.5) is 13.6 Å². The number of aliphatic hydroxyl groups excluding tert-OH is 1. The van der Waals surface area contributed by atoms with Crippen molar-refractivity contribution in [3.63, 3.8) is 0 Å². The average Bonchev–Trinajstić information content (AvgIpc) is 2.54. The van der Waals surface area contributed by atoms with Crippen molar-refractivity contribution >= 4 is 6.09 Å². The molecule has 1 aromatic rings. The number of unbranched alkanes of at least 4 members (excludes halogenated alkanes) is 1. The Bertz CT molecular complexity index is 643. The molecule has 1 amide bonds. The lowest BCUT2D eigenvalue weighted by molar-refractivity contribution is 0.0527. The number of halogens is 2. The first-order valence-electron chi connectivity index (χ1n) is 9.96. The van der Waals surface area contributed by atoms with E-state index >= 15 is 0 Å². The third-order valence-electron chi connectivity index (χ3n) is 4.86. The van der Waals surface area contributed by atoms with E-state index in [0.29, 0.717) is 24.4 Å². The highest BCUT2D eigenvalue weighted by molar-refractivity contribution is 5.67. The van der Waals surface area contributed by atoms with Crippen molar-refractivity contribution in [1.82, 2.24) is 10.6 Å². The summed E-state index contributed by atoms with van der Waals surface area (Å²) >= 11 is 0. The van der Waals surface area contributed by atoms with Crippen LogP contribution in [0.3, 0.4) is 0 Å². The van der Waals surface area contributed by atoms with Gasteiger partial charge in [0.2, 0.25) is 0 Å². The van der Waals surface area contributed by atoms with Gasteiger partial charge in [-0.05, 0) is 64.9 Å². The molecule has 1 aliphatic carbocycles. The molecule has 1 aliphatic rings. The average molecular weight is 398 g/mol. The minimum Gasteiger partial charge on any atom is -0.444 e. The fourth-order valence-electron chi connectivity index (χ4n) is 3.40. The number of ether oxygens (including phenoxy) is 1. The molecule has 1 aromatic carbocycles. The van der Waals surface area contributed by atoms with Gasteiger partial charge in [0.25, 0.3) is 0 Å². The fraction of sp³-hybridized carbons (Fsp3) is 0.667. The van der Waals surface area contributed by atoms with Crippen molar-refractivity contribution in [1.29, 1.82) is 0 Å². The molecule has 0 saturated heterocycles. The van der Waals surface area contributed by atoms with Crippen LogP contribution in [0.2, 0.25) is 0 Å². The van der Waals surface area contributed by atoms with Crippen LogP contribution in [0.5, 0.6) is 0 Å². The molecule has 1 saturated carbocycles. The van der Waals surface area contributed by atoms with Gasteiger partial charge in [0.15, 0.2) is 0 Å². The standard InChI is InChI=1S/C21H32F2N2O3/c1-21(2,3)28-20(27)24-9-5-4-6-19(25-16-10-14(11-16)13-26)17-8-7-15(22)12-18(17)23/h7-8,12,14,16,19,25-26H,4-6,9-11,13H2,1-3H3,(H,24,27). The molecule has 3 N–H and O–H groups in total. The Hall–Kier alpha value is -1.73. The Balaban J connectivity index is 1.83. The van der Waals surface area contributed by atoms with E-state index in [1.165, 1.54) is 12.1 Å². The molecule has 1 unspecified atom stereocenters. The molecule has 28 heavy (non-hydrogen) atoms. The van der Waals surface area contributed by atoms with Crippen LogP contribution in [0.25, 0.3) is 0 Å². The van der Waals surface area contributed by atoms with E-state index in [0.717, 1.165) is 31.7 Å². The van der Waals surface area contributed by atoms with Crippen molar-refractivity contribution in [2.24, 2.45) is 5.92 Å². The van der Waals surface area contributed by atoms with E-state index in [9.17, 15) is 18.7 Å². The summed E-state index contributed by atoms with van der Waals surface area (Å²) in [4.78, 5) is 11.7. The van der Waals surface area contributed by atoms with Gasteiger partial charge in [-0.3, -0.25) is 0 Å². The molecule has 2 rings (SSSR count). The molecule has 1 fully saturated rings. The van der Waals surface area contributed by atoms with Gasteiger partial charge in [-0.25, -0.2) is 13.6 Å². The topological polar surface area (TPSA) is 70.6 Å². The molecule has 158 valence electrons. The predicted octanol–water partition coefficient (Wildman–Crippen LogP) is 4.06. The number of hydrogen-bond donors (Lipinski definition) is 3. The van der Waals surface area contributed by atoms with Crippen molar-refractivity contribution in [3.8, 4) is 0 Å². The number of carbonyl (C=O) groups is 1. The summed E-state index contributed by atoms with van der Waals surface area (Å²) in [6.45, 7) is 6.07. The Labute approximate surface area is 165 Å². The normalized spacial score (nSPS) is 20.4. The van der Waals surface area contributed by atoms with Crippen LogP contribution in [-0.4, -0.2) is 36.0 Å². The van der Waals surface area contributed by atoms with Crippen molar-refractivity contribution in [2.75, 3.05) is 13.2 Å². The number of carbonyl (C=O) groups excluding carboxylic acids is 1. The van der Waals surface area contributed by atoms with Crippen molar-refractivity contribution < 1.29 is 23.4 Å². The maximum atomic E-state index is 14.3. The zero-order valence-corrected chi connectivity index (χ0v) is 16.9. The van der Waals surface area contributed by atoms with Gasteiger partial charge in [0, 0.05) is 36.9 Å². The summed E-state index contributed by atoms with van der Waals surface area (Å²) < 4.78 is 32.7. The molecule has 5 nitrogen and oxygen atoms in total. The number of rotatable bonds is 9. The Kier molecular flexibility index (Phi) is 8.19. The highest BCUT2D eigenvalue weighted by atomic mass is 19.1. The third-order valence-corrected chi connectivity index (χ3v) is 4.86. The Morgan fingerprint density at radius 1 is 1.29 bits per heavy atom. The lowest BCUT2D eigenvalue weighted by Gasteiger charge is -2.38. The quantitative estimate of drug-likeness (QED) is 0.549. The second-order valence-electron chi connectivity index (χ2n) is 8.53. The molecule has 0 heterocycles. The number of nitrogens with one attached hydrogen (secondary N) is 2. The summed E-state index contributed by atoms with van der Waals surface area (Å²) in [6, 6.07) is 3.67. The van der Waals surface area contributed by atoms with Gasteiger partial charge in [0.05, 0.1) is 0 Å². The van der Waals surface area contributed by atoms with Gasteiger partial charge in [-0.1, -0.05) is 6.07 Å². The SMILES string of the molecule is CC(C)(C)OC(=O)NCCCCC(NC1CC(CO)C1)c1ccc(F)cc1F. The molecule has 7 heteroatoms. The molecule has 0 bridgehead atoms. The van der Waals surface area contributed by atoms with Gasteiger partial charge in [-0.2, -0.15) is 0 Å². The molecule has 0 spiro atoms. The number of alkyl carbamates (subject to hydrolysis) is 1. The number of aliphatic hydroxyl groups is 1. The lowest BCUT2D eigenvalue weighted by Crippen LogP contribution is -2.44. The van der Waals surface area contributed by atoms with E-state index in [2.05, 4.69) is 10.6 Å². The number of hydrogen-bond acceptors (Lipinski definition) is 4. The van der Waals surface area contributed by atoms with Crippen LogP contribution < -0.4 is 10.6 Å². The van der Waals surface area contributed by atoms with Gasteiger partial charge < -0.3 is 20.5 Å². The summed E-state index contributed by atoms with van der Waals surface area (Å²) in [7, 11) is 0. The largest absolute Gasteiger partial charge is 0.444 e. The van der Waals surface area contributed by atoms with Crippen LogP contribution in [-0.2, 0) is 4.74 Å². The van der Waals surface area contributed by atoms with E-state index in [1.54, 1.807) is 0 Å². The Morgan fingerprint density at radius 2 is 2.00 bits per heavy atom. The first-order chi connectivity index (χ1) is 13.2. The van der Waals surface area contributed by atoms with Gasteiger partial charge >= 0.3 is 6.09 Å². The van der Waals surface area contributed by atoms with Gasteiger partial charge in [0.1, 0.15) is 17.2 Å². The smallest absolute Gasteiger partial charge is 0.407 e. The van der Waals surface area contributed by atoms with Gasteiger partial charge in [-0.15, -0.1) is 0 Å². The molecule has 0 radical (unpaired) electrons. The minimum atomic E-state index is -0.592. The van der Waals surface area contributed by atoms with Crippen LogP contribution >= 0.6 is 0 Å². The minimum absolute atomic E-state index is 0.171. The number of amides is 1. The molecule has 0 aliphatic heterocycles. The molecular formula is C21H32F2N2O3. The molecule has 0 aromatic heterocycles. The van der Waals surface area contributed by atoms with Crippen LogP contribution in [0.1, 0.15) is 64.5 Å². The summed E-state index contributed by atoms with van der Waals surface area (Å²) in [5.41, 5.74) is -0.0806. The van der Waals surface area contributed by atoms with Crippen molar-refractivity contribution in [3.05, 3.63) is 35.4 Å². The molecular weight excluding hydrogens is 366 g/mol. The van der Waals surface area contributed by atoms with E-state index in [4.69, 9.17) is 4.74 Å². The van der Waals surface area contributed by atoms with Crippen molar-refractivity contribution in [2.45, 2.75) is 70.6 Å². The summed E-state index contributed by atoms with van der Waals surface area (Å²) in [5.74, 6) is -0.845. The lowest BCUT2D eigenvalue weighted by atomic mass is 9.80. The second kappa shape index (κ2) is 10.2. The zero-order valence-electron chi connectivity index (χ0n) is 16.9. The summed E-state index contributed by atoms with van der Waals surface area (Å²) in [5, 5.41) is 15.3. The second-order valence-corrected chi connectivity index (χ2v) is 8.53. The fourth-order valence-corrected chi connectivity index (χ4v) is 3.40. The maximum Gasteiger partial charge on any atom is 0.407 e. The first kappa shape index (κ1) is 22.6. The first-order valence-corrected chi connectivity index (χ1v) is 9.96. The zero-order chi connectivity index (χ0) is 20.7. The highest BCUT2D eigenvalue weighted by Crippen LogP contribution is 2.31. The van der Waals surface area contributed by atoms with E-state index in [-0.39, 0.29) is 18.7 Å². The molecule has 1 atom stereocenters. The highest BCUT2D eigenvalue weighted by Gasteiger charge is 2.31. The predicted molar refractivity (Wildman–Crippen MR) is 104 cm³/mol. The van der Waals surface area contributed by atoms with E-state index in [1.807, 2.05) is 20.8 Å². The van der Waals surface area contributed by atoms with Crippen LogP contribution in [0.15, 0.2) is 18.2 Å².